The third kappa shape index (κ3) is 5.22. The highest BCUT2D eigenvalue weighted by Gasteiger charge is 2.20. The highest BCUT2D eigenvalue weighted by atomic mass is 16.3. The molecule has 0 fully saturated rings. The van der Waals surface area contributed by atoms with Gasteiger partial charge in [-0.3, -0.25) is 0 Å². The first-order valence-corrected chi connectivity index (χ1v) is 17.1. The van der Waals surface area contributed by atoms with Crippen LogP contribution in [-0.4, -0.2) is 19.9 Å². The molecule has 10 rings (SSSR count). The summed E-state index contributed by atoms with van der Waals surface area (Å²) in [5.74, 6) is 2.07. The van der Waals surface area contributed by atoms with E-state index in [2.05, 4.69) is 72.8 Å². The van der Waals surface area contributed by atoms with Crippen LogP contribution in [0.1, 0.15) is 0 Å². The summed E-state index contributed by atoms with van der Waals surface area (Å²) in [6.07, 6.45) is 0. The molecular weight excluding hydrogens is 641 g/mol. The van der Waals surface area contributed by atoms with Gasteiger partial charge in [0.25, 0.3) is 0 Å². The fourth-order valence-electron chi connectivity index (χ4n) is 6.82. The number of nitrogens with zero attached hydrogens (tertiary/aromatic N) is 4. The second-order valence-corrected chi connectivity index (χ2v) is 12.6. The van der Waals surface area contributed by atoms with Crippen molar-refractivity contribution >= 4 is 33.0 Å². The molecule has 7 aromatic carbocycles. The Hall–Kier alpha value is -7.18. The van der Waals surface area contributed by atoms with E-state index in [1.807, 2.05) is 97.1 Å². The van der Waals surface area contributed by atoms with E-state index in [4.69, 9.17) is 28.8 Å². The smallest absolute Gasteiger partial charge is 0.227 e. The van der Waals surface area contributed by atoms with E-state index in [1.165, 1.54) is 11.1 Å². The molecule has 0 radical (unpaired) electrons. The monoisotopic (exact) mass is 668 g/mol. The Labute approximate surface area is 298 Å². The standard InChI is InChI=1S/C46H28N4O2/c1-3-12-29(13-4-1)30-24-26-31(27-25-30)33-16-9-17-34(28-33)46-47-39-22-11-21-38(42(39)52-46)45-49-43(32-14-5-2-6-15-32)48-44(50-45)37-20-10-19-36-35-18-7-8-23-40(35)51-41(36)37/h1-28H. The van der Waals surface area contributed by atoms with E-state index in [0.717, 1.165) is 55.3 Å². The molecule has 0 N–H and O–H groups in total. The van der Waals surface area contributed by atoms with Gasteiger partial charge in [-0.05, 0) is 58.7 Å². The van der Waals surface area contributed by atoms with Gasteiger partial charge in [0.1, 0.15) is 16.7 Å². The van der Waals surface area contributed by atoms with Crippen LogP contribution in [0.3, 0.4) is 0 Å². The molecule has 244 valence electrons. The summed E-state index contributed by atoms with van der Waals surface area (Å²) in [4.78, 5) is 20.0. The summed E-state index contributed by atoms with van der Waals surface area (Å²) < 4.78 is 13.0. The number of para-hydroxylation sites is 3. The van der Waals surface area contributed by atoms with Crippen LogP contribution < -0.4 is 0 Å². The first-order valence-electron chi connectivity index (χ1n) is 17.1. The van der Waals surface area contributed by atoms with E-state index in [9.17, 15) is 0 Å². The molecule has 0 bridgehead atoms. The van der Waals surface area contributed by atoms with E-state index >= 15 is 0 Å². The predicted octanol–water partition coefficient (Wildman–Crippen LogP) is 11.9. The fraction of sp³-hybridized carbons (Fsp3) is 0. The molecule has 0 aliphatic heterocycles. The zero-order valence-electron chi connectivity index (χ0n) is 27.8. The summed E-state index contributed by atoms with van der Waals surface area (Å²) in [7, 11) is 0. The maximum atomic E-state index is 6.58. The van der Waals surface area contributed by atoms with Crippen LogP contribution in [0.5, 0.6) is 0 Å². The molecule has 6 heteroatoms. The van der Waals surface area contributed by atoms with Gasteiger partial charge in [-0.15, -0.1) is 0 Å². The van der Waals surface area contributed by atoms with Crippen LogP contribution in [-0.2, 0) is 0 Å². The SMILES string of the molecule is c1ccc(-c2ccc(-c3cccc(-c4nc5cccc(-c6nc(-c7ccccc7)nc(-c7cccc8c7oc7ccccc78)n6)c5o4)c3)cc2)cc1. The van der Waals surface area contributed by atoms with Crippen LogP contribution in [0.25, 0.3) is 101 Å². The lowest BCUT2D eigenvalue weighted by atomic mass is 9.99. The molecule has 0 spiro atoms. The Morgan fingerprint density at radius 3 is 1.63 bits per heavy atom. The normalized spacial score (nSPS) is 11.5. The molecule has 52 heavy (non-hydrogen) atoms. The van der Waals surface area contributed by atoms with Gasteiger partial charge in [0.05, 0.1) is 11.1 Å². The van der Waals surface area contributed by atoms with E-state index in [0.29, 0.717) is 34.5 Å². The van der Waals surface area contributed by atoms with Gasteiger partial charge in [0.15, 0.2) is 23.1 Å². The van der Waals surface area contributed by atoms with Crippen molar-refractivity contribution in [3.63, 3.8) is 0 Å². The number of hydrogen-bond donors (Lipinski definition) is 0. The lowest BCUT2D eigenvalue weighted by Crippen LogP contribution is -2.00. The van der Waals surface area contributed by atoms with E-state index in [-0.39, 0.29) is 0 Å². The third-order valence-electron chi connectivity index (χ3n) is 9.40. The second-order valence-electron chi connectivity index (χ2n) is 12.6. The second kappa shape index (κ2) is 12.3. The minimum absolute atomic E-state index is 0.484. The lowest BCUT2D eigenvalue weighted by molar-refractivity contribution is 0.620. The summed E-state index contributed by atoms with van der Waals surface area (Å²) in [5.41, 5.74) is 10.7. The molecule has 6 nitrogen and oxygen atoms in total. The molecule has 3 heterocycles. The number of fused-ring (bicyclic) bond motifs is 4. The molecule has 0 aliphatic carbocycles. The molecule has 0 atom stereocenters. The Morgan fingerprint density at radius 1 is 0.327 bits per heavy atom. The zero-order valence-corrected chi connectivity index (χ0v) is 27.8. The van der Waals surface area contributed by atoms with Crippen molar-refractivity contribution in [3.05, 3.63) is 170 Å². The number of oxazole rings is 1. The van der Waals surface area contributed by atoms with Crippen molar-refractivity contribution in [1.82, 2.24) is 19.9 Å². The summed E-state index contributed by atoms with van der Waals surface area (Å²) in [5, 5.41) is 2.05. The van der Waals surface area contributed by atoms with Crippen molar-refractivity contribution in [3.8, 4) is 67.9 Å². The highest BCUT2D eigenvalue weighted by Crippen LogP contribution is 2.37. The number of hydrogen-bond acceptors (Lipinski definition) is 6. The highest BCUT2D eigenvalue weighted by molar-refractivity contribution is 6.09. The predicted molar refractivity (Wildman–Crippen MR) is 207 cm³/mol. The van der Waals surface area contributed by atoms with Crippen molar-refractivity contribution in [2.24, 2.45) is 0 Å². The lowest BCUT2D eigenvalue weighted by Gasteiger charge is -2.09. The molecule has 3 aromatic heterocycles. The van der Waals surface area contributed by atoms with Gasteiger partial charge in [-0.25, -0.2) is 19.9 Å². The van der Waals surface area contributed by atoms with E-state index < -0.39 is 0 Å². The number of benzene rings is 7. The quantitative estimate of drug-likeness (QED) is 0.175. The maximum absolute atomic E-state index is 6.58. The Balaban J connectivity index is 1.08. The van der Waals surface area contributed by atoms with Gasteiger partial charge in [-0.2, -0.15) is 0 Å². The van der Waals surface area contributed by atoms with Gasteiger partial charge in [0.2, 0.25) is 5.89 Å². The Bertz CT molecular complexity index is 2900. The van der Waals surface area contributed by atoms with Crippen LogP contribution >= 0.6 is 0 Å². The minimum Gasteiger partial charge on any atom is -0.455 e. The molecule has 0 saturated carbocycles. The maximum Gasteiger partial charge on any atom is 0.227 e. The zero-order chi connectivity index (χ0) is 34.4. The minimum atomic E-state index is 0.484. The first-order chi connectivity index (χ1) is 25.7. The first kappa shape index (κ1) is 29.7. The van der Waals surface area contributed by atoms with E-state index in [1.54, 1.807) is 0 Å². The topological polar surface area (TPSA) is 77.8 Å². The third-order valence-corrected chi connectivity index (χ3v) is 9.40. The average Bonchev–Trinajstić information content (AvgIpc) is 3.84. The molecule has 0 amide bonds. The molecule has 0 unspecified atom stereocenters. The Morgan fingerprint density at radius 2 is 0.865 bits per heavy atom. The number of furan rings is 1. The van der Waals surface area contributed by atoms with Crippen molar-refractivity contribution in [1.29, 1.82) is 0 Å². The summed E-state index contributed by atoms with van der Waals surface area (Å²) in [6, 6.07) is 57.2. The van der Waals surface area contributed by atoms with Gasteiger partial charge < -0.3 is 8.83 Å². The van der Waals surface area contributed by atoms with Crippen molar-refractivity contribution in [2.45, 2.75) is 0 Å². The van der Waals surface area contributed by atoms with Gasteiger partial charge in [0, 0.05) is 21.9 Å². The number of aromatic nitrogens is 4. The number of rotatable bonds is 6. The summed E-state index contributed by atoms with van der Waals surface area (Å²) >= 11 is 0. The van der Waals surface area contributed by atoms with Crippen LogP contribution in [0.2, 0.25) is 0 Å². The van der Waals surface area contributed by atoms with Crippen molar-refractivity contribution < 1.29 is 8.83 Å². The van der Waals surface area contributed by atoms with Gasteiger partial charge >= 0.3 is 0 Å². The van der Waals surface area contributed by atoms with Crippen molar-refractivity contribution in [2.75, 3.05) is 0 Å². The average molecular weight is 669 g/mol. The van der Waals surface area contributed by atoms with Crippen LogP contribution in [0.15, 0.2) is 179 Å². The molecule has 10 aromatic rings. The van der Waals surface area contributed by atoms with Crippen LogP contribution in [0.4, 0.5) is 0 Å². The molecular formula is C46H28N4O2. The van der Waals surface area contributed by atoms with Crippen LogP contribution in [0, 0.1) is 0 Å². The molecule has 0 aliphatic rings. The fourth-order valence-corrected chi connectivity index (χ4v) is 6.82. The molecule has 0 saturated heterocycles. The Kier molecular flexibility index (Phi) is 7.03. The summed E-state index contributed by atoms with van der Waals surface area (Å²) in [6.45, 7) is 0. The van der Waals surface area contributed by atoms with Gasteiger partial charge in [-0.1, -0.05) is 133 Å². The largest absolute Gasteiger partial charge is 0.455 e.